The van der Waals surface area contributed by atoms with Crippen molar-refractivity contribution in [3.05, 3.63) is 57.3 Å². The molecule has 1 aromatic heterocycles. The molecule has 0 aliphatic heterocycles. The van der Waals surface area contributed by atoms with Crippen molar-refractivity contribution in [1.29, 1.82) is 0 Å². The molecule has 0 bridgehead atoms. The molecule has 2 N–H and O–H groups in total. The zero-order valence-corrected chi connectivity index (χ0v) is 11.3. The van der Waals surface area contributed by atoms with Crippen molar-refractivity contribution >= 4 is 26.8 Å². The highest BCUT2D eigenvalue weighted by Crippen LogP contribution is 2.21. The van der Waals surface area contributed by atoms with Crippen LogP contribution in [0.1, 0.15) is 0 Å². The van der Waals surface area contributed by atoms with E-state index in [9.17, 15) is 9.90 Å². The Morgan fingerprint density at radius 1 is 1.16 bits per heavy atom. The monoisotopic (exact) mass is 316 g/mol. The first kappa shape index (κ1) is 11.9. The van der Waals surface area contributed by atoms with Crippen LogP contribution in [-0.4, -0.2) is 15.1 Å². The van der Waals surface area contributed by atoms with Crippen LogP contribution < -0.4 is 5.56 Å². The van der Waals surface area contributed by atoms with E-state index >= 15 is 0 Å². The van der Waals surface area contributed by atoms with Crippen LogP contribution in [0.3, 0.4) is 0 Å². The minimum Gasteiger partial charge on any atom is -0.508 e. The number of aromatic hydroxyl groups is 1. The van der Waals surface area contributed by atoms with Crippen molar-refractivity contribution in [3.8, 4) is 17.1 Å². The van der Waals surface area contributed by atoms with E-state index in [0.717, 1.165) is 4.47 Å². The number of halogens is 1. The second kappa shape index (κ2) is 4.51. The average molecular weight is 317 g/mol. The number of phenols is 1. The molecule has 19 heavy (non-hydrogen) atoms. The molecular weight excluding hydrogens is 308 g/mol. The van der Waals surface area contributed by atoms with Gasteiger partial charge >= 0.3 is 0 Å². The lowest BCUT2D eigenvalue weighted by atomic mass is 10.2. The Bertz CT molecular complexity index is 827. The zero-order valence-electron chi connectivity index (χ0n) is 9.72. The van der Waals surface area contributed by atoms with Crippen LogP contribution in [0.5, 0.6) is 5.75 Å². The van der Waals surface area contributed by atoms with E-state index in [1.165, 1.54) is 0 Å². The summed E-state index contributed by atoms with van der Waals surface area (Å²) in [6, 6.07) is 12.0. The molecule has 0 saturated heterocycles. The Morgan fingerprint density at radius 2 is 2.00 bits per heavy atom. The van der Waals surface area contributed by atoms with E-state index < -0.39 is 0 Å². The van der Waals surface area contributed by atoms with Crippen molar-refractivity contribution in [2.75, 3.05) is 0 Å². The summed E-state index contributed by atoms with van der Waals surface area (Å²) in [7, 11) is 0. The van der Waals surface area contributed by atoms with Crippen LogP contribution in [0.2, 0.25) is 0 Å². The molecule has 0 saturated carbocycles. The molecule has 1 heterocycles. The van der Waals surface area contributed by atoms with E-state index in [2.05, 4.69) is 25.9 Å². The molecule has 94 valence electrons. The number of nitrogens with zero attached hydrogens (tertiary/aromatic N) is 1. The maximum Gasteiger partial charge on any atom is 0.259 e. The standard InChI is InChI=1S/C14H9BrN2O2/c15-9-4-5-12-11(7-9)14(19)17-13(16-12)8-2-1-3-10(18)6-8/h1-7,18H,(H,16,17,19). The third kappa shape index (κ3) is 2.24. The molecule has 3 aromatic rings. The van der Waals surface area contributed by atoms with Gasteiger partial charge in [0, 0.05) is 10.0 Å². The lowest BCUT2D eigenvalue weighted by Gasteiger charge is -2.04. The number of benzene rings is 2. The molecular formula is C14H9BrN2O2. The number of rotatable bonds is 1. The lowest BCUT2D eigenvalue weighted by molar-refractivity contribution is 0.475. The fourth-order valence-corrected chi connectivity index (χ4v) is 2.26. The summed E-state index contributed by atoms with van der Waals surface area (Å²) in [5, 5.41) is 9.99. The summed E-state index contributed by atoms with van der Waals surface area (Å²) in [6.07, 6.45) is 0. The zero-order chi connectivity index (χ0) is 13.4. The van der Waals surface area contributed by atoms with Crippen molar-refractivity contribution in [2.45, 2.75) is 0 Å². The van der Waals surface area contributed by atoms with E-state index in [4.69, 9.17) is 0 Å². The van der Waals surface area contributed by atoms with Gasteiger partial charge in [0.2, 0.25) is 0 Å². The van der Waals surface area contributed by atoms with Gasteiger partial charge in [0.1, 0.15) is 11.6 Å². The van der Waals surface area contributed by atoms with Crippen LogP contribution in [0.4, 0.5) is 0 Å². The molecule has 0 amide bonds. The summed E-state index contributed by atoms with van der Waals surface area (Å²) in [5.74, 6) is 0.576. The summed E-state index contributed by atoms with van der Waals surface area (Å²) < 4.78 is 0.831. The van der Waals surface area contributed by atoms with Gasteiger partial charge < -0.3 is 10.1 Å². The molecule has 0 atom stereocenters. The summed E-state index contributed by atoms with van der Waals surface area (Å²) >= 11 is 3.33. The minimum atomic E-state index is -0.204. The highest BCUT2D eigenvalue weighted by Gasteiger charge is 2.06. The number of phenolic OH excluding ortho intramolecular Hbond substituents is 1. The predicted molar refractivity (Wildman–Crippen MR) is 77.2 cm³/mol. The molecule has 0 aliphatic rings. The third-order valence-corrected chi connectivity index (χ3v) is 3.28. The van der Waals surface area contributed by atoms with Crippen molar-refractivity contribution in [2.24, 2.45) is 0 Å². The second-order valence-corrected chi connectivity index (χ2v) is 5.04. The van der Waals surface area contributed by atoms with E-state index in [1.54, 1.807) is 36.4 Å². The van der Waals surface area contributed by atoms with Gasteiger partial charge in [-0.3, -0.25) is 4.79 Å². The predicted octanol–water partition coefficient (Wildman–Crippen LogP) is 3.06. The first-order chi connectivity index (χ1) is 9.13. The summed E-state index contributed by atoms with van der Waals surface area (Å²) in [5.41, 5.74) is 1.08. The van der Waals surface area contributed by atoms with Crippen LogP contribution >= 0.6 is 15.9 Å². The van der Waals surface area contributed by atoms with Crippen LogP contribution in [0.15, 0.2) is 51.7 Å². The number of hydrogen-bond acceptors (Lipinski definition) is 3. The van der Waals surface area contributed by atoms with E-state index in [1.807, 2.05) is 6.07 Å². The van der Waals surface area contributed by atoms with Gasteiger partial charge in [0.25, 0.3) is 5.56 Å². The summed E-state index contributed by atoms with van der Waals surface area (Å²) in [6.45, 7) is 0. The van der Waals surface area contributed by atoms with Gasteiger partial charge in [-0.1, -0.05) is 28.1 Å². The molecule has 4 nitrogen and oxygen atoms in total. The highest BCUT2D eigenvalue weighted by molar-refractivity contribution is 9.10. The largest absolute Gasteiger partial charge is 0.508 e. The lowest BCUT2D eigenvalue weighted by Crippen LogP contribution is -2.09. The van der Waals surface area contributed by atoms with Gasteiger partial charge in [0.05, 0.1) is 10.9 Å². The molecule has 0 radical (unpaired) electrons. The molecule has 5 heteroatoms. The number of aromatic amines is 1. The minimum absolute atomic E-state index is 0.135. The van der Waals surface area contributed by atoms with Gasteiger partial charge in [-0.25, -0.2) is 4.98 Å². The van der Waals surface area contributed by atoms with Gasteiger partial charge in [-0.05, 0) is 30.3 Å². The normalized spacial score (nSPS) is 10.8. The molecule has 0 fully saturated rings. The second-order valence-electron chi connectivity index (χ2n) is 4.13. The maximum absolute atomic E-state index is 12.0. The Balaban J connectivity index is 2.27. The fourth-order valence-electron chi connectivity index (χ4n) is 1.90. The third-order valence-electron chi connectivity index (χ3n) is 2.79. The van der Waals surface area contributed by atoms with E-state index in [-0.39, 0.29) is 11.3 Å². The number of fused-ring (bicyclic) bond motifs is 1. The first-order valence-electron chi connectivity index (χ1n) is 5.62. The fraction of sp³-hybridized carbons (Fsp3) is 0. The number of aromatic nitrogens is 2. The average Bonchev–Trinajstić information content (AvgIpc) is 2.39. The topological polar surface area (TPSA) is 66.0 Å². The van der Waals surface area contributed by atoms with Crippen LogP contribution in [0.25, 0.3) is 22.3 Å². The van der Waals surface area contributed by atoms with Gasteiger partial charge in [-0.15, -0.1) is 0 Å². The SMILES string of the molecule is O=c1[nH]c(-c2cccc(O)c2)nc2ccc(Br)cc12. The Hall–Kier alpha value is -2.14. The van der Waals surface area contributed by atoms with E-state index in [0.29, 0.717) is 22.3 Å². The van der Waals surface area contributed by atoms with Crippen LogP contribution in [0, 0.1) is 0 Å². The molecule has 0 aliphatic carbocycles. The quantitative estimate of drug-likeness (QED) is 0.725. The molecule has 3 rings (SSSR count). The summed E-state index contributed by atoms with van der Waals surface area (Å²) in [4.78, 5) is 19.2. The number of hydrogen-bond donors (Lipinski definition) is 2. The Kier molecular flexibility index (Phi) is 2.83. The first-order valence-corrected chi connectivity index (χ1v) is 6.42. The van der Waals surface area contributed by atoms with Crippen LogP contribution in [-0.2, 0) is 0 Å². The molecule has 0 spiro atoms. The van der Waals surface area contributed by atoms with Crippen molar-refractivity contribution in [1.82, 2.24) is 9.97 Å². The Morgan fingerprint density at radius 3 is 2.79 bits per heavy atom. The Labute approximate surface area is 116 Å². The van der Waals surface area contributed by atoms with Gasteiger partial charge in [0.15, 0.2) is 0 Å². The molecule has 0 unspecified atom stereocenters. The number of nitrogens with one attached hydrogen (secondary N) is 1. The highest BCUT2D eigenvalue weighted by atomic mass is 79.9. The number of H-pyrrole nitrogens is 1. The smallest absolute Gasteiger partial charge is 0.259 e. The van der Waals surface area contributed by atoms with Crippen molar-refractivity contribution < 1.29 is 5.11 Å². The van der Waals surface area contributed by atoms with Gasteiger partial charge in [-0.2, -0.15) is 0 Å². The van der Waals surface area contributed by atoms with Crippen molar-refractivity contribution in [3.63, 3.8) is 0 Å². The maximum atomic E-state index is 12.0. The molecule has 2 aromatic carbocycles.